The molecule has 12 nitrogen and oxygen atoms in total. The molecule has 18 atom stereocenters. The Balaban J connectivity index is 0.000000188. The summed E-state index contributed by atoms with van der Waals surface area (Å²) in [4.78, 5) is 50.8. The van der Waals surface area contributed by atoms with Crippen molar-refractivity contribution < 1.29 is 58.2 Å². The molecule has 10 aliphatic rings. The molecule has 2 heterocycles. The Morgan fingerprint density at radius 1 is 0.708 bits per heavy atom. The summed E-state index contributed by atoms with van der Waals surface area (Å²) in [5.74, 6) is 0.454. The van der Waals surface area contributed by atoms with Crippen molar-refractivity contribution >= 4 is 23.1 Å². The van der Waals surface area contributed by atoms with Gasteiger partial charge in [0.05, 0.1) is 24.4 Å². The molecule has 0 radical (unpaired) electrons. The number of aliphatic hydroxyl groups excluding tert-OH is 3. The van der Waals surface area contributed by atoms with Crippen LogP contribution in [0.25, 0.3) is 0 Å². The quantitative estimate of drug-likeness (QED) is 0.210. The highest BCUT2D eigenvalue weighted by atomic mass is 16.8. The molecule has 10 rings (SSSR count). The van der Waals surface area contributed by atoms with Crippen LogP contribution in [-0.2, 0) is 42.9 Å². The van der Waals surface area contributed by atoms with Gasteiger partial charge < -0.3 is 39.0 Å². The van der Waals surface area contributed by atoms with E-state index in [0.29, 0.717) is 25.7 Å². The van der Waals surface area contributed by atoms with Crippen molar-refractivity contribution in [2.45, 2.75) is 182 Å². The molecule has 8 aliphatic carbocycles. The summed E-state index contributed by atoms with van der Waals surface area (Å²) in [5.41, 5.74) is -1.84. The molecule has 65 heavy (non-hydrogen) atoms. The zero-order valence-corrected chi connectivity index (χ0v) is 38.3. The first-order chi connectivity index (χ1) is 29.9. The number of ketones is 4. The minimum absolute atomic E-state index is 0. The molecule has 362 valence electrons. The SMILES string of the molecule is C.C.CCCC1O[C@@H]2C[C@H]3[C@@H]4CCC5=CC(=O)C=C[C@]5(C)[C@H]4[C@@H](O)C[C@]3(C)[C@]2(C(=O)CO)O1.CCCC1O[C@@H]2C[C@H]3[C@@H]4CCC5=CC(=O)C=C[C@]5(C)[C@H]4[C@@H](O)C[C@]3(C)[C@]2(C(=O)COC)O1. The van der Waals surface area contributed by atoms with Crippen molar-refractivity contribution in [3.63, 3.8) is 0 Å². The van der Waals surface area contributed by atoms with Crippen LogP contribution in [0.2, 0.25) is 0 Å². The van der Waals surface area contributed by atoms with Gasteiger partial charge in [0.1, 0.15) is 13.2 Å². The number of methoxy groups -OCH3 is 1. The number of carbonyl (C=O) groups is 4. The summed E-state index contributed by atoms with van der Waals surface area (Å²) in [6, 6.07) is 0. The molecule has 6 saturated carbocycles. The zero-order chi connectivity index (χ0) is 45.1. The molecule has 0 amide bonds. The summed E-state index contributed by atoms with van der Waals surface area (Å²) in [7, 11) is 1.54. The van der Waals surface area contributed by atoms with Gasteiger partial charge in [-0.3, -0.25) is 19.2 Å². The van der Waals surface area contributed by atoms with Crippen LogP contribution in [0.1, 0.15) is 133 Å². The van der Waals surface area contributed by atoms with Gasteiger partial charge in [0.15, 0.2) is 46.9 Å². The first-order valence-electron chi connectivity index (χ1n) is 24.0. The number of ether oxygens (including phenoxy) is 5. The predicted molar refractivity (Wildman–Crippen MR) is 244 cm³/mol. The van der Waals surface area contributed by atoms with Crippen molar-refractivity contribution in [2.24, 2.45) is 57.2 Å². The number of hydrogen-bond donors (Lipinski definition) is 3. The molecule has 2 aliphatic heterocycles. The minimum Gasteiger partial charge on any atom is -0.393 e. The van der Waals surface area contributed by atoms with E-state index >= 15 is 0 Å². The van der Waals surface area contributed by atoms with E-state index in [4.69, 9.17) is 23.7 Å². The van der Waals surface area contributed by atoms with Gasteiger partial charge in [-0.05, 0) is 112 Å². The van der Waals surface area contributed by atoms with E-state index in [1.54, 1.807) is 24.3 Å². The lowest BCUT2D eigenvalue weighted by molar-refractivity contribution is -0.200. The minimum atomic E-state index is -1.20. The van der Waals surface area contributed by atoms with Gasteiger partial charge in [-0.2, -0.15) is 0 Å². The van der Waals surface area contributed by atoms with Gasteiger partial charge in [0, 0.05) is 40.6 Å². The molecule has 2 unspecified atom stereocenters. The molecule has 8 fully saturated rings. The van der Waals surface area contributed by atoms with Crippen LogP contribution in [-0.4, -0.2) is 107 Å². The first-order valence-corrected chi connectivity index (χ1v) is 24.0. The molecule has 0 aromatic carbocycles. The average Bonchev–Trinajstić information content (AvgIpc) is 3.93. The maximum absolute atomic E-state index is 13.6. The Labute approximate surface area is 387 Å². The topological polar surface area (TPSA) is 175 Å². The Bertz CT molecular complexity index is 2020. The van der Waals surface area contributed by atoms with Crippen molar-refractivity contribution in [1.29, 1.82) is 0 Å². The second-order valence-electron chi connectivity index (χ2n) is 21.7. The Morgan fingerprint density at radius 2 is 1.12 bits per heavy atom. The number of rotatable bonds is 9. The highest BCUT2D eigenvalue weighted by molar-refractivity contribution is 6.01. The van der Waals surface area contributed by atoms with E-state index in [1.165, 1.54) is 7.11 Å². The zero-order valence-electron chi connectivity index (χ0n) is 38.3. The Morgan fingerprint density at radius 3 is 1.51 bits per heavy atom. The van der Waals surface area contributed by atoms with Gasteiger partial charge >= 0.3 is 0 Å². The fourth-order valence-corrected chi connectivity index (χ4v) is 16.4. The molecule has 0 aromatic rings. The Kier molecular flexibility index (Phi) is 13.7. The summed E-state index contributed by atoms with van der Waals surface area (Å²) < 4.78 is 30.8. The van der Waals surface area contributed by atoms with Crippen LogP contribution in [0.5, 0.6) is 0 Å². The summed E-state index contributed by atoms with van der Waals surface area (Å²) in [6.07, 6.45) is 17.1. The third-order valence-electron chi connectivity index (χ3n) is 18.9. The second kappa shape index (κ2) is 17.7. The first kappa shape index (κ1) is 50.2. The lowest BCUT2D eigenvalue weighted by atomic mass is 9.46. The van der Waals surface area contributed by atoms with Crippen LogP contribution in [0, 0.1) is 57.2 Å². The smallest absolute Gasteiger partial charge is 0.193 e. The molecule has 0 spiro atoms. The largest absolute Gasteiger partial charge is 0.393 e. The van der Waals surface area contributed by atoms with E-state index in [0.717, 1.165) is 62.5 Å². The fraction of sp³-hybridized carbons (Fsp3) is 0.774. The number of carbonyl (C=O) groups excluding carboxylic acids is 4. The second-order valence-corrected chi connectivity index (χ2v) is 21.7. The average molecular weight is 907 g/mol. The van der Waals surface area contributed by atoms with Crippen LogP contribution in [0.3, 0.4) is 0 Å². The van der Waals surface area contributed by atoms with Crippen molar-refractivity contribution in [3.8, 4) is 0 Å². The highest BCUT2D eigenvalue weighted by Crippen LogP contribution is 2.71. The number of allylic oxidation sites excluding steroid dienone is 8. The van der Waals surface area contributed by atoms with E-state index < -0.39 is 53.2 Å². The Hall–Kier alpha value is -2.68. The van der Waals surface area contributed by atoms with Crippen molar-refractivity contribution in [2.75, 3.05) is 20.3 Å². The third kappa shape index (κ3) is 6.94. The van der Waals surface area contributed by atoms with Gasteiger partial charge in [-0.1, -0.05) is 92.5 Å². The van der Waals surface area contributed by atoms with Crippen LogP contribution in [0.15, 0.2) is 47.6 Å². The highest BCUT2D eigenvalue weighted by Gasteiger charge is 2.77. The van der Waals surface area contributed by atoms with Gasteiger partial charge in [-0.15, -0.1) is 0 Å². The fourth-order valence-electron chi connectivity index (χ4n) is 16.4. The summed E-state index contributed by atoms with van der Waals surface area (Å²) in [6.45, 7) is 12.0. The lowest BCUT2D eigenvalue weighted by Gasteiger charge is -2.59. The summed E-state index contributed by atoms with van der Waals surface area (Å²) in [5, 5.41) is 33.0. The lowest BCUT2D eigenvalue weighted by Crippen LogP contribution is -2.63. The summed E-state index contributed by atoms with van der Waals surface area (Å²) >= 11 is 0. The van der Waals surface area contributed by atoms with Crippen LogP contribution >= 0.6 is 0 Å². The van der Waals surface area contributed by atoms with Gasteiger partial charge in [0.25, 0.3) is 0 Å². The predicted octanol–water partition coefficient (Wildman–Crippen LogP) is 7.36. The van der Waals surface area contributed by atoms with E-state index in [1.807, 2.05) is 12.2 Å². The van der Waals surface area contributed by atoms with Crippen LogP contribution in [0.4, 0.5) is 0 Å². The van der Waals surface area contributed by atoms with Gasteiger partial charge in [0.2, 0.25) is 0 Å². The van der Waals surface area contributed by atoms with Gasteiger partial charge in [-0.25, -0.2) is 0 Å². The van der Waals surface area contributed by atoms with E-state index in [2.05, 4.69) is 41.5 Å². The maximum atomic E-state index is 13.6. The van der Waals surface area contributed by atoms with E-state index in [-0.39, 0.29) is 103 Å². The third-order valence-corrected chi connectivity index (χ3v) is 18.9. The normalized spacial score (nSPS) is 48.2. The van der Waals surface area contributed by atoms with Crippen LogP contribution < -0.4 is 0 Å². The molecular formula is C53H78O12. The standard InChI is InChI=1S/C26H36O6.C25H34O6.2CH4/c1-5-6-22-31-21-12-18-17-8-7-15-11-16(27)9-10-24(15,2)23(17)19(28)13-25(18,3)26(21,32-22)20(29)14-30-4;1-4-5-21-30-20-11-17-16-7-6-14-10-15(27)8-9-23(14,2)22(16)18(28)12-24(17,3)25(20,31-21)19(29)13-26;;/h9-11,17-19,21-23,28H,5-8,12-14H2,1-4H3;8-10,16-18,20-22,26,28H,4-7,11-13H2,1-3H3;2*1H4/t17-,18-,19-,21+,22?,23+,24-,25-,26+;16-,17-,18-,20+,21?,22+,23-,24-,25+;;/m00../s1. The molecule has 3 N–H and O–H groups in total. The molecular weight excluding hydrogens is 829 g/mol. The molecule has 2 saturated heterocycles. The molecule has 12 heteroatoms. The number of fused-ring (bicyclic) bond motifs is 14. The van der Waals surface area contributed by atoms with Crippen molar-refractivity contribution in [3.05, 3.63) is 47.6 Å². The number of Topliss-reactive ketones (excluding diaryl/α,β-unsaturated/α-hetero) is 2. The van der Waals surface area contributed by atoms with Crippen molar-refractivity contribution in [1.82, 2.24) is 0 Å². The molecule has 0 aromatic heterocycles. The molecule has 0 bridgehead atoms. The number of hydrogen-bond acceptors (Lipinski definition) is 12. The van der Waals surface area contributed by atoms with E-state index in [9.17, 15) is 34.5 Å². The monoisotopic (exact) mass is 907 g/mol. The number of aliphatic hydroxyl groups is 3. The maximum Gasteiger partial charge on any atom is 0.193 e.